The summed E-state index contributed by atoms with van der Waals surface area (Å²) in [7, 11) is 4.20. The van der Waals surface area contributed by atoms with Crippen LogP contribution in [-0.2, 0) is 4.74 Å². The zero-order valence-corrected chi connectivity index (χ0v) is 8.69. The minimum Gasteiger partial charge on any atom is -0.380 e. The average Bonchev–Trinajstić information content (AvgIpc) is 2.14. The van der Waals surface area contributed by atoms with Crippen LogP contribution in [0.1, 0.15) is 0 Å². The topological polar surface area (TPSA) is 24.5 Å². The highest BCUT2D eigenvalue weighted by molar-refractivity contribution is 5.85. The van der Waals surface area contributed by atoms with Gasteiger partial charge in [0.05, 0.1) is 13.2 Å². The summed E-state index contributed by atoms with van der Waals surface area (Å²) in [5, 5.41) is 3.35. The van der Waals surface area contributed by atoms with Crippen LogP contribution in [0.3, 0.4) is 0 Å². The minimum atomic E-state index is 0. The van der Waals surface area contributed by atoms with E-state index in [1.807, 2.05) is 0 Å². The Morgan fingerprint density at radius 3 is 2.92 bits per heavy atom. The molecule has 74 valence electrons. The fraction of sp³-hybridized carbons (Fsp3) is 1.00. The molecule has 1 fully saturated rings. The van der Waals surface area contributed by atoms with Gasteiger partial charge in [0.15, 0.2) is 0 Å². The van der Waals surface area contributed by atoms with Crippen molar-refractivity contribution in [2.75, 3.05) is 46.9 Å². The normalized spacial score (nSPS) is 24.8. The van der Waals surface area contributed by atoms with Gasteiger partial charge in [0, 0.05) is 25.6 Å². The highest BCUT2D eigenvalue weighted by Crippen LogP contribution is 2.00. The van der Waals surface area contributed by atoms with Gasteiger partial charge in [0.25, 0.3) is 0 Å². The van der Waals surface area contributed by atoms with E-state index in [4.69, 9.17) is 4.74 Å². The zero-order valence-electron chi connectivity index (χ0n) is 7.88. The van der Waals surface area contributed by atoms with E-state index >= 15 is 0 Å². The van der Waals surface area contributed by atoms with Crippen LogP contribution in [0.25, 0.3) is 0 Å². The highest BCUT2D eigenvalue weighted by Gasteiger charge is 2.12. The molecule has 1 heterocycles. The van der Waals surface area contributed by atoms with Gasteiger partial charge in [-0.15, -0.1) is 12.4 Å². The number of halogens is 1. The molecule has 0 bridgehead atoms. The first-order valence-electron chi connectivity index (χ1n) is 4.22. The van der Waals surface area contributed by atoms with Crippen molar-refractivity contribution in [3.8, 4) is 0 Å². The third-order valence-corrected chi connectivity index (χ3v) is 1.83. The number of hydrogen-bond donors (Lipinski definition) is 1. The second kappa shape index (κ2) is 6.66. The fourth-order valence-electron chi connectivity index (χ4n) is 1.39. The Morgan fingerprint density at radius 2 is 2.25 bits per heavy atom. The molecule has 1 rings (SSSR count). The summed E-state index contributed by atoms with van der Waals surface area (Å²) in [6.07, 6.45) is 0. The van der Waals surface area contributed by atoms with E-state index in [2.05, 4.69) is 24.3 Å². The highest BCUT2D eigenvalue weighted by atomic mass is 35.5. The van der Waals surface area contributed by atoms with E-state index in [1.54, 1.807) is 0 Å². The Bertz CT molecular complexity index is 103. The van der Waals surface area contributed by atoms with Crippen molar-refractivity contribution in [3.05, 3.63) is 0 Å². The number of nitrogens with one attached hydrogen (secondary N) is 1. The molecule has 0 aromatic rings. The average molecular weight is 195 g/mol. The molecule has 0 aliphatic carbocycles. The molecule has 0 spiro atoms. The first-order valence-corrected chi connectivity index (χ1v) is 4.22. The number of nitrogens with zero attached hydrogens (tertiary/aromatic N) is 1. The third kappa shape index (κ3) is 4.93. The molecule has 0 aromatic heterocycles. The summed E-state index contributed by atoms with van der Waals surface area (Å²) in [4.78, 5) is 2.21. The number of rotatable bonds is 2. The summed E-state index contributed by atoms with van der Waals surface area (Å²) in [6.45, 7) is 4.99. The molecular formula is C8H19ClN2O. The molecule has 0 amide bonds. The Hall–Kier alpha value is 0.170. The molecule has 1 saturated heterocycles. The molecule has 0 radical (unpaired) electrons. The molecule has 1 atom stereocenters. The molecule has 1 aliphatic rings. The molecule has 0 aromatic carbocycles. The van der Waals surface area contributed by atoms with E-state index in [0.717, 1.165) is 32.8 Å². The molecule has 4 heteroatoms. The van der Waals surface area contributed by atoms with Gasteiger partial charge >= 0.3 is 0 Å². The van der Waals surface area contributed by atoms with Crippen LogP contribution in [0.15, 0.2) is 0 Å². The first kappa shape index (κ1) is 12.2. The monoisotopic (exact) mass is 194 g/mol. The molecular weight excluding hydrogens is 176 g/mol. The maximum atomic E-state index is 5.42. The second-order valence-electron chi connectivity index (χ2n) is 3.41. The van der Waals surface area contributed by atoms with Crippen molar-refractivity contribution in [1.29, 1.82) is 0 Å². The zero-order chi connectivity index (χ0) is 8.10. The van der Waals surface area contributed by atoms with Gasteiger partial charge in [-0.25, -0.2) is 0 Å². The van der Waals surface area contributed by atoms with Gasteiger partial charge < -0.3 is 15.0 Å². The van der Waals surface area contributed by atoms with E-state index in [1.165, 1.54) is 0 Å². The number of hydrogen-bond acceptors (Lipinski definition) is 3. The van der Waals surface area contributed by atoms with Crippen LogP contribution >= 0.6 is 12.4 Å². The van der Waals surface area contributed by atoms with Crippen molar-refractivity contribution in [1.82, 2.24) is 10.2 Å². The van der Waals surface area contributed by atoms with Crippen molar-refractivity contribution >= 4 is 12.4 Å². The summed E-state index contributed by atoms with van der Waals surface area (Å²) >= 11 is 0. The number of ether oxygens (including phenoxy) is 1. The van der Waals surface area contributed by atoms with Gasteiger partial charge in [0.1, 0.15) is 0 Å². The van der Waals surface area contributed by atoms with Crippen molar-refractivity contribution in [2.45, 2.75) is 0 Å². The predicted molar refractivity (Wildman–Crippen MR) is 53.0 cm³/mol. The maximum Gasteiger partial charge on any atom is 0.0591 e. The Labute approximate surface area is 80.9 Å². The molecule has 0 saturated carbocycles. The molecule has 1 unspecified atom stereocenters. The summed E-state index contributed by atoms with van der Waals surface area (Å²) in [5.41, 5.74) is 0. The van der Waals surface area contributed by atoms with Crippen molar-refractivity contribution < 1.29 is 4.74 Å². The van der Waals surface area contributed by atoms with E-state index in [-0.39, 0.29) is 12.4 Å². The summed E-state index contributed by atoms with van der Waals surface area (Å²) in [6, 6.07) is 0. The van der Waals surface area contributed by atoms with Gasteiger partial charge in [-0.1, -0.05) is 0 Å². The fourth-order valence-corrected chi connectivity index (χ4v) is 1.39. The predicted octanol–water partition coefficient (Wildman–Crippen LogP) is 0.206. The SMILES string of the molecule is CN(C)CC1CNCCOC1.Cl. The molecule has 1 N–H and O–H groups in total. The van der Waals surface area contributed by atoms with Crippen LogP contribution in [0.5, 0.6) is 0 Å². The lowest BCUT2D eigenvalue weighted by Gasteiger charge is -2.18. The molecule has 1 aliphatic heterocycles. The first-order chi connectivity index (χ1) is 5.29. The Balaban J connectivity index is 0.00000121. The maximum absolute atomic E-state index is 5.42. The molecule has 3 nitrogen and oxygen atoms in total. The third-order valence-electron chi connectivity index (χ3n) is 1.83. The van der Waals surface area contributed by atoms with E-state index < -0.39 is 0 Å². The van der Waals surface area contributed by atoms with Crippen molar-refractivity contribution in [3.63, 3.8) is 0 Å². The second-order valence-corrected chi connectivity index (χ2v) is 3.41. The quantitative estimate of drug-likeness (QED) is 0.680. The lowest BCUT2D eigenvalue weighted by molar-refractivity contribution is 0.113. The van der Waals surface area contributed by atoms with Crippen LogP contribution in [0, 0.1) is 5.92 Å². The Kier molecular flexibility index (Phi) is 6.76. The lowest BCUT2D eigenvalue weighted by Crippen LogP contribution is -2.31. The smallest absolute Gasteiger partial charge is 0.0591 e. The van der Waals surface area contributed by atoms with Crippen LogP contribution < -0.4 is 5.32 Å². The van der Waals surface area contributed by atoms with Gasteiger partial charge in [-0.2, -0.15) is 0 Å². The van der Waals surface area contributed by atoms with E-state index in [0.29, 0.717) is 5.92 Å². The van der Waals surface area contributed by atoms with Crippen LogP contribution in [0.4, 0.5) is 0 Å². The standard InChI is InChI=1S/C8H18N2O.ClH/c1-10(2)6-8-5-9-3-4-11-7-8;/h8-9H,3-7H2,1-2H3;1H. The van der Waals surface area contributed by atoms with Gasteiger partial charge in [-0.3, -0.25) is 0 Å². The summed E-state index contributed by atoms with van der Waals surface area (Å²) < 4.78 is 5.42. The Morgan fingerprint density at radius 1 is 1.50 bits per heavy atom. The van der Waals surface area contributed by atoms with Crippen LogP contribution in [-0.4, -0.2) is 51.8 Å². The van der Waals surface area contributed by atoms with Crippen molar-refractivity contribution in [2.24, 2.45) is 5.92 Å². The van der Waals surface area contributed by atoms with Crippen LogP contribution in [0.2, 0.25) is 0 Å². The molecule has 12 heavy (non-hydrogen) atoms. The summed E-state index contributed by atoms with van der Waals surface area (Å²) in [5.74, 6) is 0.660. The van der Waals surface area contributed by atoms with E-state index in [9.17, 15) is 0 Å². The van der Waals surface area contributed by atoms with Gasteiger partial charge in [0.2, 0.25) is 0 Å². The lowest BCUT2D eigenvalue weighted by atomic mass is 10.1. The van der Waals surface area contributed by atoms with Gasteiger partial charge in [-0.05, 0) is 14.1 Å². The minimum absolute atomic E-state index is 0. The largest absolute Gasteiger partial charge is 0.380 e.